The second-order valence-corrected chi connectivity index (χ2v) is 5.46. The van der Waals surface area contributed by atoms with Crippen molar-refractivity contribution in [3.8, 4) is 0 Å². The van der Waals surface area contributed by atoms with Crippen molar-refractivity contribution in [1.82, 2.24) is 5.43 Å². The minimum Gasteiger partial charge on any atom is -0.376 e. The molecule has 2 aromatic carbocycles. The minimum absolute atomic E-state index is 0.0635. The topological polar surface area (TPSA) is 53.5 Å². The van der Waals surface area contributed by atoms with Crippen molar-refractivity contribution < 1.29 is 9.18 Å². The number of rotatable bonds is 5. The van der Waals surface area contributed by atoms with Crippen LogP contribution in [0.2, 0.25) is 5.02 Å². The van der Waals surface area contributed by atoms with Gasteiger partial charge in [-0.25, -0.2) is 9.82 Å². The van der Waals surface area contributed by atoms with E-state index in [0.717, 1.165) is 16.8 Å². The fourth-order valence-corrected chi connectivity index (χ4v) is 2.32. The molecule has 23 heavy (non-hydrogen) atoms. The molecule has 2 aromatic rings. The molecule has 0 aliphatic heterocycles. The Morgan fingerprint density at radius 1 is 1.22 bits per heavy atom. The SMILES string of the molecule is Cc1cccc(C)c1NCC(=O)NN=Cc1c(F)cccc1Cl. The number of benzene rings is 2. The average Bonchev–Trinajstić information content (AvgIpc) is 2.50. The summed E-state index contributed by atoms with van der Waals surface area (Å²) >= 11 is 5.86. The first-order valence-corrected chi connectivity index (χ1v) is 7.43. The second-order valence-electron chi connectivity index (χ2n) is 5.05. The van der Waals surface area contributed by atoms with Crippen LogP contribution in [0.25, 0.3) is 0 Å². The Labute approximate surface area is 139 Å². The van der Waals surface area contributed by atoms with E-state index in [1.807, 2.05) is 32.0 Å². The summed E-state index contributed by atoms with van der Waals surface area (Å²) in [6.45, 7) is 3.99. The highest BCUT2D eigenvalue weighted by molar-refractivity contribution is 6.33. The number of aryl methyl sites for hydroxylation is 2. The van der Waals surface area contributed by atoms with Crippen molar-refractivity contribution in [2.45, 2.75) is 13.8 Å². The lowest BCUT2D eigenvalue weighted by atomic mass is 10.1. The number of nitrogens with one attached hydrogen (secondary N) is 2. The Balaban J connectivity index is 1.92. The maximum atomic E-state index is 13.5. The highest BCUT2D eigenvalue weighted by Crippen LogP contribution is 2.19. The standard InChI is InChI=1S/C17H17ClFN3O/c1-11-5-3-6-12(2)17(11)20-10-16(23)22-21-9-13-14(18)7-4-8-15(13)19/h3-9,20H,10H2,1-2H3,(H,22,23). The third kappa shape index (κ3) is 4.53. The number of anilines is 1. The number of hydrogen-bond acceptors (Lipinski definition) is 3. The molecule has 0 fully saturated rings. The summed E-state index contributed by atoms with van der Waals surface area (Å²) in [6, 6.07) is 10.2. The Morgan fingerprint density at radius 3 is 2.52 bits per heavy atom. The van der Waals surface area contributed by atoms with Crippen LogP contribution in [0.3, 0.4) is 0 Å². The molecular weight excluding hydrogens is 317 g/mol. The van der Waals surface area contributed by atoms with Gasteiger partial charge in [0.15, 0.2) is 0 Å². The molecule has 2 N–H and O–H groups in total. The van der Waals surface area contributed by atoms with Gasteiger partial charge in [0.25, 0.3) is 5.91 Å². The van der Waals surface area contributed by atoms with Crippen molar-refractivity contribution in [3.05, 3.63) is 63.9 Å². The molecule has 0 saturated heterocycles. The molecule has 4 nitrogen and oxygen atoms in total. The van der Waals surface area contributed by atoms with E-state index in [1.54, 1.807) is 6.07 Å². The molecule has 0 saturated carbocycles. The molecular formula is C17H17ClFN3O. The van der Waals surface area contributed by atoms with Crippen LogP contribution in [0, 0.1) is 19.7 Å². The fraction of sp³-hybridized carbons (Fsp3) is 0.176. The van der Waals surface area contributed by atoms with E-state index in [1.165, 1.54) is 18.3 Å². The van der Waals surface area contributed by atoms with Gasteiger partial charge in [0.1, 0.15) is 5.82 Å². The molecule has 2 rings (SSSR count). The maximum Gasteiger partial charge on any atom is 0.259 e. The molecule has 0 radical (unpaired) electrons. The summed E-state index contributed by atoms with van der Waals surface area (Å²) in [6.07, 6.45) is 1.19. The number of hydrogen-bond donors (Lipinski definition) is 2. The van der Waals surface area contributed by atoms with Gasteiger partial charge in [0.2, 0.25) is 0 Å². The van der Waals surface area contributed by atoms with Gasteiger partial charge in [-0.2, -0.15) is 5.10 Å². The van der Waals surface area contributed by atoms with Gasteiger partial charge in [-0.05, 0) is 37.1 Å². The minimum atomic E-state index is -0.496. The van der Waals surface area contributed by atoms with Crippen LogP contribution >= 0.6 is 11.6 Å². The van der Waals surface area contributed by atoms with Gasteiger partial charge < -0.3 is 5.32 Å². The fourth-order valence-electron chi connectivity index (χ4n) is 2.10. The number of carbonyl (C=O) groups excluding carboxylic acids is 1. The first-order valence-electron chi connectivity index (χ1n) is 7.05. The van der Waals surface area contributed by atoms with E-state index in [4.69, 9.17) is 11.6 Å². The average molecular weight is 334 g/mol. The Morgan fingerprint density at radius 2 is 1.87 bits per heavy atom. The van der Waals surface area contributed by atoms with Crippen LogP contribution in [0.4, 0.5) is 10.1 Å². The van der Waals surface area contributed by atoms with E-state index in [0.29, 0.717) is 0 Å². The Hall–Kier alpha value is -2.40. The summed E-state index contributed by atoms with van der Waals surface area (Å²) in [5, 5.41) is 7.03. The Kier molecular flexibility index (Phi) is 5.71. The van der Waals surface area contributed by atoms with Crippen LogP contribution in [-0.2, 0) is 4.79 Å². The van der Waals surface area contributed by atoms with Gasteiger partial charge >= 0.3 is 0 Å². The van der Waals surface area contributed by atoms with E-state index in [-0.39, 0.29) is 23.0 Å². The lowest BCUT2D eigenvalue weighted by molar-refractivity contribution is -0.119. The third-order valence-electron chi connectivity index (χ3n) is 3.29. The predicted molar refractivity (Wildman–Crippen MR) is 91.6 cm³/mol. The van der Waals surface area contributed by atoms with Crippen molar-refractivity contribution >= 4 is 29.4 Å². The van der Waals surface area contributed by atoms with Crippen molar-refractivity contribution in [2.24, 2.45) is 5.10 Å². The van der Waals surface area contributed by atoms with Crippen LogP contribution in [0.15, 0.2) is 41.5 Å². The quantitative estimate of drug-likeness (QED) is 0.648. The van der Waals surface area contributed by atoms with Gasteiger partial charge in [-0.15, -0.1) is 0 Å². The summed E-state index contributed by atoms with van der Waals surface area (Å²) in [5.41, 5.74) is 5.50. The molecule has 0 bridgehead atoms. The number of hydrazone groups is 1. The van der Waals surface area contributed by atoms with Crippen molar-refractivity contribution in [2.75, 3.05) is 11.9 Å². The van der Waals surface area contributed by atoms with Gasteiger partial charge in [0, 0.05) is 11.3 Å². The van der Waals surface area contributed by atoms with Gasteiger partial charge in [-0.3, -0.25) is 4.79 Å². The number of halogens is 2. The summed E-state index contributed by atoms with van der Waals surface area (Å²) in [5.74, 6) is -0.833. The number of para-hydroxylation sites is 1. The summed E-state index contributed by atoms with van der Waals surface area (Å²) < 4.78 is 13.5. The molecule has 0 aliphatic rings. The van der Waals surface area contributed by atoms with Gasteiger partial charge in [0.05, 0.1) is 17.8 Å². The predicted octanol–water partition coefficient (Wildman–Crippen LogP) is 3.66. The highest BCUT2D eigenvalue weighted by atomic mass is 35.5. The molecule has 6 heteroatoms. The molecule has 0 aromatic heterocycles. The van der Waals surface area contributed by atoms with E-state index in [2.05, 4.69) is 15.8 Å². The first-order chi connectivity index (χ1) is 11.0. The lowest BCUT2D eigenvalue weighted by Crippen LogP contribution is -2.26. The summed E-state index contributed by atoms with van der Waals surface area (Å²) in [4.78, 5) is 11.8. The Bertz CT molecular complexity index is 706. The van der Waals surface area contributed by atoms with Crippen molar-refractivity contribution in [3.63, 3.8) is 0 Å². The molecule has 0 unspecified atom stereocenters. The smallest absolute Gasteiger partial charge is 0.259 e. The highest BCUT2D eigenvalue weighted by Gasteiger charge is 2.06. The molecule has 1 amide bonds. The van der Waals surface area contributed by atoms with Crippen molar-refractivity contribution in [1.29, 1.82) is 0 Å². The van der Waals surface area contributed by atoms with E-state index >= 15 is 0 Å². The van der Waals surface area contributed by atoms with Gasteiger partial charge in [-0.1, -0.05) is 35.9 Å². The zero-order valence-electron chi connectivity index (χ0n) is 12.9. The zero-order chi connectivity index (χ0) is 16.8. The monoisotopic (exact) mass is 333 g/mol. The van der Waals surface area contributed by atoms with E-state index in [9.17, 15) is 9.18 Å². The molecule has 0 heterocycles. The molecule has 0 aliphatic carbocycles. The normalized spacial score (nSPS) is 10.8. The van der Waals surface area contributed by atoms with Crippen LogP contribution in [-0.4, -0.2) is 18.7 Å². The first kappa shape index (κ1) is 17.0. The maximum absolute atomic E-state index is 13.5. The largest absolute Gasteiger partial charge is 0.376 e. The van der Waals surface area contributed by atoms with Crippen LogP contribution in [0.1, 0.15) is 16.7 Å². The number of amides is 1. The number of nitrogens with zero attached hydrogens (tertiary/aromatic N) is 1. The molecule has 0 spiro atoms. The third-order valence-corrected chi connectivity index (χ3v) is 3.62. The zero-order valence-corrected chi connectivity index (χ0v) is 13.6. The lowest BCUT2D eigenvalue weighted by Gasteiger charge is -2.11. The summed E-state index contributed by atoms with van der Waals surface area (Å²) in [7, 11) is 0. The second kappa shape index (κ2) is 7.74. The molecule has 0 atom stereocenters. The number of carbonyl (C=O) groups is 1. The molecule has 120 valence electrons. The van der Waals surface area contributed by atoms with Crippen LogP contribution < -0.4 is 10.7 Å². The van der Waals surface area contributed by atoms with Crippen LogP contribution in [0.5, 0.6) is 0 Å². The van der Waals surface area contributed by atoms with E-state index < -0.39 is 5.82 Å².